The largest absolute Gasteiger partial charge is 0.271 e. The van der Waals surface area contributed by atoms with E-state index in [-0.39, 0.29) is 6.04 Å². The van der Waals surface area contributed by atoms with E-state index in [2.05, 4.69) is 44.5 Å². The molecule has 2 aromatic rings. The molecule has 0 aliphatic rings. The Bertz CT molecular complexity index is 493. The van der Waals surface area contributed by atoms with Gasteiger partial charge >= 0.3 is 0 Å². The molecule has 0 bridgehead atoms. The highest BCUT2D eigenvalue weighted by Gasteiger charge is 2.10. The number of hydrogen-bond acceptors (Lipinski definition) is 3. The van der Waals surface area contributed by atoms with E-state index in [1.807, 2.05) is 31.3 Å². The Balaban J connectivity index is 2.14. The number of nitrogens with zero attached hydrogens (tertiary/aromatic N) is 1. The van der Waals surface area contributed by atoms with E-state index in [9.17, 15) is 0 Å². The minimum Gasteiger partial charge on any atom is -0.271 e. The van der Waals surface area contributed by atoms with Gasteiger partial charge < -0.3 is 0 Å². The molecular formula is C14H16BrN3. The van der Waals surface area contributed by atoms with E-state index in [0.29, 0.717) is 0 Å². The number of pyridine rings is 1. The molecule has 0 amide bonds. The summed E-state index contributed by atoms with van der Waals surface area (Å²) in [5.74, 6) is 5.63. The first-order valence-electron chi connectivity index (χ1n) is 5.82. The third-order valence-electron chi connectivity index (χ3n) is 2.89. The number of nitrogens with one attached hydrogen (secondary N) is 1. The fourth-order valence-electron chi connectivity index (χ4n) is 1.81. The fourth-order valence-corrected chi connectivity index (χ4v) is 2.08. The van der Waals surface area contributed by atoms with Crippen molar-refractivity contribution in [1.29, 1.82) is 0 Å². The molecule has 0 saturated heterocycles. The third kappa shape index (κ3) is 3.38. The number of hydrazine groups is 1. The van der Waals surface area contributed by atoms with Crippen LogP contribution in [0, 0.1) is 6.92 Å². The number of hydrogen-bond donors (Lipinski definition) is 2. The van der Waals surface area contributed by atoms with Gasteiger partial charge in [0.2, 0.25) is 0 Å². The third-order valence-corrected chi connectivity index (χ3v) is 3.42. The quantitative estimate of drug-likeness (QED) is 0.674. The molecule has 94 valence electrons. The van der Waals surface area contributed by atoms with Crippen molar-refractivity contribution in [2.24, 2.45) is 5.84 Å². The summed E-state index contributed by atoms with van der Waals surface area (Å²) in [7, 11) is 0. The van der Waals surface area contributed by atoms with Crippen LogP contribution in [0.5, 0.6) is 0 Å². The van der Waals surface area contributed by atoms with Gasteiger partial charge in [-0.05, 0) is 42.7 Å². The molecule has 0 aliphatic heterocycles. The van der Waals surface area contributed by atoms with Crippen LogP contribution in [0.4, 0.5) is 0 Å². The zero-order chi connectivity index (χ0) is 13.0. The SMILES string of the molecule is Cc1ccc(C(Cc2ccc(Br)cc2)NN)cn1. The van der Waals surface area contributed by atoms with Crippen molar-refractivity contribution >= 4 is 15.9 Å². The van der Waals surface area contributed by atoms with Crippen LogP contribution in [-0.4, -0.2) is 4.98 Å². The summed E-state index contributed by atoms with van der Waals surface area (Å²) in [5.41, 5.74) is 6.20. The van der Waals surface area contributed by atoms with Gasteiger partial charge in [0.15, 0.2) is 0 Å². The maximum absolute atomic E-state index is 5.63. The minimum absolute atomic E-state index is 0.0827. The topological polar surface area (TPSA) is 50.9 Å². The van der Waals surface area contributed by atoms with Gasteiger partial charge in [-0.1, -0.05) is 34.1 Å². The van der Waals surface area contributed by atoms with E-state index < -0.39 is 0 Å². The van der Waals surface area contributed by atoms with Crippen LogP contribution < -0.4 is 11.3 Å². The maximum atomic E-state index is 5.63. The Kier molecular flexibility index (Phi) is 4.47. The van der Waals surface area contributed by atoms with Crippen molar-refractivity contribution < 1.29 is 0 Å². The highest BCUT2D eigenvalue weighted by molar-refractivity contribution is 9.10. The highest BCUT2D eigenvalue weighted by Crippen LogP contribution is 2.19. The molecule has 1 heterocycles. The summed E-state index contributed by atoms with van der Waals surface area (Å²) < 4.78 is 1.08. The van der Waals surface area contributed by atoms with Crippen molar-refractivity contribution in [1.82, 2.24) is 10.4 Å². The van der Waals surface area contributed by atoms with E-state index in [4.69, 9.17) is 5.84 Å². The number of nitrogens with two attached hydrogens (primary N) is 1. The van der Waals surface area contributed by atoms with Crippen LogP contribution in [-0.2, 0) is 6.42 Å². The first-order valence-corrected chi connectivity index (χ1v) is 6.61. The molecule has 0 radical (unpaired) electrons. The molecule has 18 heavy (non-hydrogen) atoms. The second-order valence-electron chi connectivity index (χ2n) is 4.28. The number of aromatic nitrogens is 1. The summed E-state index contributed by atoms with van der Waals surface area (Å²) in [5, 5.41) is 0. The summed E-state index contributed by atoms with van der Waals surface area (Å²) in [4.78, 5) is 4.30. The van der Waals surface area contributed by atoms with Gasteiger partial charge in [-0.25, -0.2) is 0 Å². The minimum atomic E-state index is 0.0827. The lowest BCUT2D eigenvalue weighted by atomic mass is 10.0. The molecule has 0 saturated carbocycles. The molecule has 1 aromatic heterocycles. The average molecular weight is 306 g/mol. The zero-order valence-electron chi connectivity index (χ0n) is 10.2. The Labute approximate surface area is 116 Å². The van der Waals surface area contributed by atoms with Crippen LogP contribution in [0.25, 0.3) is 0 Å². The van der Waals surface area contributed by atoms with Crippen molar-refractivity contribution in [2.75, 3.05) is 0 Å². The number of halogens is 1. The molecule has 1 atom stereocenters. The van der Waals surface area contributed by atoms with Gasteiger partial charge in [0.1, 0.15) is 0 Å². The summed E-state index contributed by atoms with van der Waals surface area (Å²) >= 11 is 3.43. The lowest BCUT2D eigenvalue weighted by Gasteiger charge is -2.16. The Morgan fingerprint density at radius 3 is 2.50 bits per heavy atom. The summed E-state index contributed by atoms with van der Waals surface area (Å²) in [6.07, 6.45) is 2.72. The van der Waals surface area contributed by atoms with Gasteiger partial charge in [-0.15, -0.1) is 0 Å². The van der Waals surface area contributed by atoms with E-state index >= 15 is 0 Å². The van der Waals surface area contributed by atoms with Crippen LogP contribution in [0.15, 0.2) is 47.1 Å². The van der Waals surface area contributed by atoms with Gasteiger partial charge in [-0.3, -0.25) is 16.3 Å². The molecule has 0 spiro atoms. The van der Waals surface area contributed by atoms with E-state index in [0.717, 1.165) is 22.2 Å². The maximum Gasteiger partial charge on any atom is 0.0515 e. The Morgan fingerprint density at radius 1 is 1.22 bits per heavy atom. The molecular weight excluding hydrogens is 290 g/mol. The van der Waals surface area contributed by atoms with Crippen molar-refractivity contribution in [3.05, 3.63) is 63.9 Å². The highest BCUT2D eigenvalue weighted by atomic mass is 79.9. The van der Waals surface area contributed by atoms with E-state index in [1.165, 1.54) is 5.56 Å². The van der Waals surface area contributed by atoms with E-state index in [1.54, 1.807) is 0 Å². The first kappa shape index (κ1) is 13.2. The number of aryl methyl sites for hydroxylation is 1. The van der Waals surface area contributed by atoms with Gasteiger partial charge in [-0.2, -0.15) is 0 Å². The van der Waals surface area contributed by atoms with Gasteiger partial charge in [0, 0.05) is 16.4 Å². The Morgan fingerprint density at radius 2 is 1.94 bits per heavy atom. The fraction of sp³-hybridized carbons (Fsp3) is 0.214. The first-order chi connectivity index (χ1) is 8.69. The molecule has 4 heteroatoms. The Hall–Kier alpha value is -1.23. The number of benzene rings is 1. The van der Waals surface area contributed by atoms with Gasteiger partial charge in [0.05, 0.1) is 6.04 Å². The molecule has 2 rings (SSSR count). The van der Waals surface area contributed by atoms with Crippen LogP contribution in [0.1, 0.15) is 22.9 Å². The molecule has 0 aliphatic carbocycles. The molecule has 1 aromatic carbocycles. The van der Waals surface area contributed by atoms with Gasteiger partial charge in [0.25, 0.3) is 0 Å². The summed E-state index contributed by atoms with van der Waals surface area (Å²) in [6.45, 7) is 1.98. The predicted molar refractivity (Wildman–Crippen MR) is 76.9 cm³/mol. The lowest BCUT2D eigenvalue weighted by molar-refractivity contribution is 0.550. The molecule has 0 fully saturated rings. The second-order valence-corrected chi connectivity index (χ2v) is 5.20. The zero-order valence-corrected chi connectivity index (χ0v) is 11.8. The predicted octanol–water partition coefficient (Wildman–Crippen LogP) is 2.90. The normalized spacial score (nSPS) is 12.4. The molecule has 3 N–H and O–H groups in total. The number of rotatable bonds is 4. The van der Waals surface area contributed by atoms with Crippen LogP contribution in [0.3, 0.4) is 0 Å². The lowest BCUT2D eigenvalue weighted by Crippen LogP contribution is -2.29. The van der Waals surface area contributed by atoms with Crippen molar-refractivity contribution in [3.8, 4) is 0 Å². The molecule has 3 nitrogen and oxygen atoms in total. The standard InChI is InChI=1S/C14H16BrN3/c1-10-2-5-12(9-17-10)14(18-16)8-11-3-6-13(15)7-4-11/h2-7,9,14,18H,8,16H2,1H3. The monoisotopic (exact) mass is 305 g/mol. The smallest absolute Gasteiger partial charge is 0.0515 e. The second kappa shape index (κ2) is 6.09. The van der Waals surface area contributed by atoms with Crippen LogP contribution >= 0.6 is 15.9 Å². The molecule has 1 unspecified atom stereocenters. The van der Waals surface area contributed by atoms with Crippen molar-refractivity contribution in [2.45, 2.75) is 19.4 Å². The van der Waals surface area contributed by atoms with Crippen molar-refractivity contribution in [3.63, 3.8) is 0 Å². The summed E-state index contributed by atoms with van der Waals surface area (Å²) in [6, 6.07) is 12.4. The van der Waals surface area contributed by atoms with Crippen LogP contribution in [0.2, 0.25) is 0 Å². The average Bonchev–Trinajstić information content (AvgIpc) is 2.39.